The average Bonchev–Trinajstić information content (AvgIpc) is 3.75. The lowest BCUT2D eigenvalue weighted by Crippen LogP contribution is -2.48. The van der Waals surface area contributed by atoms with E-state index in [-0.39, 0.29) is 17.3 Å². The van der Waals surface area contributed by atoms with Crippen LogP contribution in [0.15, 0.2) is 83.9 Å². The summed E-state index contributed by atoms with van der Waals surface area (Å²) >= 11 is 1.38. The number of carbonyl (C=O) groups excluding carboxylic acids is 3. The van der Waals surface area contributed by atoms with Crippen LogP contribution in [0.5, 0.6) is 0 Å². The summed E-state index contributed by atoms with van der Waals surface area (Å²) < 4.78 is 24.9. The van der Waals surface area contributed by atoms with Crippen LogP contribution in [0.1, 0.15) is 81.4 Å². The van der Waals surface area contributed by atoms with E-state index in [2.05, 4.69) is 55.7 Å². The summed E-state index contributed by atoms with van der Waals surface area (Å²) in [6.45, 7) is 12.3. The van der Waals surface area contributed by atoms with Gasteiger partial charge in [0.05, 0.1) is 23.2 Å². The topological polar surface area (TPSA) is 97.0 Å². The summed E-state index contributed by atoms with van der Waals surface area (Å²) in [6.07, 6.45) is 3.88. The molecule has 49 heavy (non-hydrogen) atoms. The van der Waals surface area contributed by atoms with Crippen molar-refractivity contribution in [2.75, 3.05) is 18.1 Å². The third-order valence-electron chi connectivity index (χ3n) is 8.78. The largest absolute Gasteiger partial charge is 0.444 e. The van der Waals surface area contributed by atoms with E-state index >= 15 is 0 Å². The fraction of sp³-hybridized carbons (Fsp3) is 0.410. The van der Waals surface area contributed by atoms with Crippen molar-refractivity contribution in [3.63, 3.8) is 0 Å². The molecule has 2 N–H and O–H groups in total. The highest BCUT2D eigenvalue weighted by atomic mass is 32.2. The Morgan fingerprint density at radius 1 is 1.04 bits per heavy atom. The van der Waals surface area contributed by atoms with Crippen molar-refractivity contribution in [2.24, 2.45) is 0 Å². The summed E-state index contributed by atoms with van der Waals surface area (Å²) in [5.41, 5.74) is 3.25. The molecule has 1 saturated carbocycles. The van der Waals surface area contributed by atoms with E-state index in [0.717, 1.165) is 29.7 Å². The molecule has 3 aromatic rings. The van der Waals surface area contributed by atoms with Crippen molar-refractivity contribution >= 4 is 35.4 Å². The summed E-state index contributed by atoms with van der Waals surface area (Å²) in [4.78, 5) is 41.0. The molecule has 0 radical (unpaired) electrons. The Bertz CT molecular complexity index is 1710. The number of alkyl carbamates (subject to hydrolysis) is 1. The third kappa shape index (κ3) is 9.03. The molecule has 3 aromatic carbocycles. The van der Waals surface area contributed by atoms with Gasteiger partial charge in [-0.25, -0.2) is 14.0 Å². The highest BCUT2D eigenvalue weighted by molar-refractivity contribution is 8.02. The molecule has 10 heteroatoms. The van der Waals surface area contributed by atoms with E-state index in [9.17, 15) is 18.8 Å². The first-order chi connectivity index (χ1) is 23.1. The molecule has 1 aliphatic carbocycles. The van der Waals surface area contributed by atoms with Gasteiger partial charge in [0.15, 0.2) is 5.78 Å². The number of cyclic esters (lactones) is 1. The van der Waals surface area contributed by atoms with Crippen LogP contribution >= 0.6 is 11.8 Å². The second-order valence-corrected chi connectivity index (χ2v) is 15.6. The molecule has 2 aliphatic rings. The molecule has 0 spiro atoms. The minimum absolute atomic E-state index is 0.0255. The predicted molar refractivity (Wildman–Crippen MR) is 192 cm³/mol. The zero-order valence-electron chi connectivity index (χ0n) is 29.3. The number of ether oxygens (including phenoxy) is 2. The normalized spacial score (nSPS) is 18.0. The molecule has 0 aromatic heterocycles. The Hall–Kier alpha value is -4.31. The van der Waals surface area contributed by atoms with Crippen molar-refractivity contribution in [3.05, 3.63) is 112 Å². The van der Waals surface area contributed by atoms with E-state index in [0.29, 0.717) is 23.6 Å². The Balaban J connectivity index is 1.32. The summed E-state index contributed by atoms with van der Waals surface area (Å²) in [5.74, 6) is -0.635. The molecule has 0 bridgehead atoms. The number of benzene rings is 3. The van der Waals surface area contributed by atoms with Crippen LogP contribution in [-0.4, -0.2) is 53.4 Å². The van der Waals surface area contributed by atoms with Crippen LogP contribution in [-0.2, 0) is 26.8 Å². The number of carbonyl (C=O) groups is 3. The Kier molecular flexibility index (Phi) is 10.5. The fourth-order valence-electron chi connectivity index (χ4n) is 5.97. The standard InChI is InChI=1S/C39H46FN3O5S/c1-37(2,3)27-9-8-10-28(22-27)39(19-20-39)43-24-33(47-36(43)46)31(42-35(45)48-38(4,5)6)21-25-11-17-30(18-12-25)41-34(49-7)23-32(44)26-13-15-29(40)16-14-26/h8-18,22-23,31,33,41H,19-21,24H2,1-7H3,(H,42,45)/t31-,33?/m0/s1. The lowest BCUT2D eigenvalue weighted by atomic mass is 9.85. The van der Waals surface area contributed by atoms with Crippen LogP contribution in [0.25, 0.3) is 0 Å². The van der Waals surface area contributed by atoms with Gasteiger partial charge >= 0.3 is 12.2 Å². The number of amides is 2. The molecule has 5 rings (SSSR count). The van der Waals surface area contributed by atoms with Crippen molar-refractivity contribution in [2.45, 2.75) is 89.5 Å². The minimum Gasteiger partial charge on any atom is -0.444 e. The highest BCUT2D eigenvalue weighted by Crippen LogP contribution is 2.53. The van der Waals surface area contributed by atoms with Gasteiger partial charge in [-0.15, -0.1) is 11.8 Å². The van der Waals surface area contributed by atoms with Crippen molar-refractivity contribution in [1.82, 2.24) is 10.2 Å². The number of hydrogen-bond donors (Lipinski definition) is 2. The number of halogens is 1. The Labute approximate surface area is 292 Å². The number of anilines is 1. The van der Waals surface area contributed by atoms with Crippen LogP contribution in [0.3, 0.4) is 0 Å². The SMILES string of the molecule is CSC(=CC(=O)c1ccc(F)cc1)Nc1ccc(C[C@H](NC(=O)OC(C)(C)C)C2CN(C3(c4cccc(C(C)(C)C)c4)CC3)C(=O)O2)cc1. The molecule has 2 fully saturated rings. The molecule has 1 saturated heterocycles. The van der Waals surface area contributed by atoms with Gasteiger partial charge in [-0.2, -0.15) is 0 Å². The molecule has 2 atom stereocenters. The lowest BCUT2D eigenvalue weighted by molar-refractivity contribution is 0.0436. The summed E-state index contributed by atoms with van der Waals surface area (Å²) in [5, 5.41) is 6.88. The van der Waals surface area contributed by atoms with Crippen molar-refractivity contribution in [1.29, 1.82) is 0 Å². The molecule has 1 aliphatic heterocycles. The van der Waals surface area contributed by atoms with Gasteiger partial charge in [-0.1, -0.05) is 57.2 Å². The number of nitrogens with one attached hydrogen (secondary N) is 2. The van der Waals surface area contributed by atoms with Crippen LogP contribution < -0.4 is 10.6 Å². The van der Waals surface area contributed by atoms with Crippen LogP contribution in [0.4, 0.5) is 19.7 Å². The first-order valence-corrected chi connectivity index (χ1v) is 17.8. The smallest absolute Gasteiger partial charge is 0.411 e. The number of allylic oxidation sites excluding steroid dienone is 1. The maximum atomic E-state index is 13.5. The first-order valence-electron chi connectivity index (χ1n) is 16.6. The van der Waals surface area contributed by atoms with Gasteiger partial charge in [0.25, 0.3) is 0 Å². The number of hydrogen-bond acceptors (Lipinski definition) is 7. The number of rotatable bonds is 11. The Morgan fingerprint density at radius 3 is 2.31 bits per heavy atom. The summed E-state index contributed by atoms with van der Waals surface area (Å²) in [7, 11) is 0. The number of nitrogens with zero attached hydrogens (tertiary/aromatic N) is 1. The van der Waals surface area contributed by atoms with Crippen molar-refractivity contribution < 1.29 is 28.2 Å². The minimum atomic E-state index is -0.697. The monoisotopic (exact) mass is 687 g/mol. The zero-order valence-corrected chi connectivity index (χ0v) is 30.1. The quantitative estimate of drug-likeness (QED) is 0.154. The zero-order chi connectivity index (χ0) is 35.6. The van der Waals surface area contributed by atoms with E-state index in [1.807, 2.05) is 35.4 Å². The van der Waals surface area contributed by atoms with Gasteiger partial charge in [-0.05, 0) is 105 Å². The average molecular weight is 688 g/mol. The molecule has 8 nitrogen and oxygen atoms in total. The molecule has 260 valence electrons. The van der Waals surface area contributed by atoms with E-state index < -0.39 is 35.2 Å². The van der Waals surface area contributed by atoms with E-state index in [1.54, 1.807) is 20.8 Å². The molecule has 1 heterocycles. The van der Waals surface area contributed by atoms with E-state index in [4.69, 9.17) is 9.47 Å². The Morgan fingerprint density at radius 2 is 1.71 bits per heavy atom. The van der Waals surface area contributed by atoms with Gasteiger partial charge in [-0.3, -0.25) is 9.69 Å². The third-order valence-corrected chi connectivity index (χ3v) is 9.44. The van der Waals surface area contributed by atoms with Gasteiger partial charge < -0.3 is 20.1 Å². The van der Waals surface area contributed by atoms with Crippen molar-refractivity contribution in [3.8, 4) is 0 Å². The van der Waals surface area contributed by atoms with Crippen LogP contribution in [0.2, 0.25) is 0 Å². The van der Waals surface area contributed by atoms with Gasteiger partial charge in [0.1, 0.15) is 17.5 Å². The summed E-state index contributed by atoms with van der Waals surface area (Å²) in [6, 6.07) is 21.0. The highest BCUT2D eigenvalue weighted by Gasteiger charge is 2.56. The molecule has 2 amide bonds. The van der Waals surface area contributed by atoms with E-state index in [1.165, 1.54) is 47.7 Å². The molecular formula is C39H46FN3O5S. The number of thioether (sulfide) groups is 1. The molecular weight excluding hydrogens is 642 g/mol. The maximum absolute atomic E-state index is 13.5. The predicted octanol–water partition coefficient (Wildman–Crippen LogP) is 8.57. The molecule has 1 unspecified atom stereocenters. The fourth-order valence-corrected chi connectivity index (χ4v) is 6.41. The second-order valence-electron chi connectivity index (χ2n) is 14.8. The number of ketones is 1. The maximum Gasteiger partial charge on any atom is 0.411 e. The first kappa shape index (κ1) is 36.0. The van der Waals surface area contributed by atoms with Gasteiger partial charge in [0.2, 0.25) is 0 Å². The van der Waals surface area contributed by atoms with Crippen LogP contribution in [0, 0.1) is 5.82 Å². The lowest BCUT2D eigenvalue weighted by Gasteiger charge is -2.29. The van der Waals surface area contributed by atoms with Gasteiger partial charge in [0, 0.05) is 17.3 Å². The second kappa shape index (κ2) is 14.3.